The van der Waals surface area contributed by atoms with Crippen LogP contribution in [-0.4, -0.2) is 35.8 Å². The van der Waals surface area contributed by atoms with E-state index in [9.17, 15) is 8.42 Å². The molecule has 0 N–H and O–H groups in total. The summed E-state index contributed by atoms with van der Waals surface area (Å²) in [5.41, 5.74) is 1.97. The van der Waals surface area contributed by atoms with Crippen LogP contribution in [0.5, 0.6) is 0 Å². The molecule has 1 fully saturated rings. The van der Waals surface area contributed by atoms with Gasteiger partial charge in [-0.1, -0.05) is 47.1 Å². The molecule has 24 heavy (non-hydrogen) atoms. The number of aromatic nitrogens is 1. The zero-order chi connectivity index (χ0) is 17.2. The fraction of sp³-hybridized carbons (Fsp3) is 0.250. The van der Waals surface area contributed by atoms with Crippen LogP contribution in [0.1, 0.15) is 11.1 Å². The molecule has 0 atom stereocenters. The molecule has 2 aromatic rings. The van der Waals surface area contributed by atoms with Crippen molar-refractivity contribution >= 4 is 38.6 Å². The third kappa shape index (κ3) is 4.09. The first-order valence-electron chi connectivity index (χ1n) is 7.34. The van der Waals surface area contributed by atoms with Crippen LogP contribution < -0.4 is 0 Å². The molecule has 0 amide bonds. The molecule has 1 aliphatic heterocycles. The van der Waals surface area contributed by atoms with Crippen LogP contribution in [0.2, 0.25) is 5.15 Å². The Morgan fingerprint density at radius 3 is 2.67 bits per heavy atom. The van der Waals surface area contributed by atoms with Gasteiger partial charge in [-0.15, -0.1) is 4.40 Å². The highest BCUT2D eigenvalue weighted by atomic mass is 35.5. The maximum atomic E-state index is 12.5. The summed E-state index contributed by atoms with van der Waals surface area (Å²) in [6.45, 7) is 3.21. The summed E-state index contributed by atoms with van der Waals surface area (Å²) in [5, 5.41) is 0.955. The van der Waals surface area contributed by atoms with Gasteiger partial charge in [0.2, 0.25) is 0 Å². The molecule has 126 valence electrons. The van der Waals surface area contributed by atoms with Crippen LogP contribution in [0.15, 0.2) is 51.9 Å². The lowest BCUT2D eigenvalue weighted by atomic mass is 10.2. The van der Waals surface area contributed by atoms with E-state index in [2.05, 4.69) is 9.38 Å². The molecule has 0 unspecified atom stereocenters. The standard InChI is InChI=1S/C16H16ClN3O2S2/c1-12-2-5-14(6-3-12)24(21,22)19-16-20(8-9-23-16)11-13-4-7-15(17)18-10-13/h2-7,10H,8-9,11H2,1H3. The van der Waals surface area contributed by atoms with E-state index in [1.807, 2.05) is 17.9 Å². The minimum Gasteiger partial charge on any atom is -0.345 e. The normalized spacial score (nSPS) is 16.8. The van der Waals surface area contributed by atoms with E-state index >= 15 is 0 Å². The van der Waals surface area contributed by atoms with Gasteiger partial charge in [0, 0.05) is 25.0 Å². The number of pyridine rings is 1. The first kappa shape index (κ1) is 17.3. The quantitative estimate of drug-likeness (QED) is 0.760. The van der Waals surface area contributed by atoms with Crippen LogP contribution in [0, 0.1) is 6.92 Å². The number of hydrogen-bond donors (Lipinski definition) is 0. The maximum absolute atomic E-state index is 12.5. The summed E-state index contributed by atoms with van der Waals surface area (Å²) in [4.78, 5) is 6.21. The number of aryl methyl sites for hydroxylation is 1. The van der Waals surface area contributed by atoms with E-state index in [4.69, 9.17) is 11.6 Å². The first-order chi connectivity index (χ1) is 11.4. The van der Waals surface area contributed by atoms with Gasteiger partial charge in [-0.2, -0.15) is 8.42 Å². The second kappa shape index (κ2) is 7.13. The Kier molecular flexibility index (Phi) is 5.12. The summed E-state index contributed by atoms with van der Waals surface area (Å²) >= 11 is 7.24. The van der Waals surface area contributed by atoms with Gasteiger partial charge < -0.3 is 4.90 Å². The molecule has 0 saturated carbocycles. The second-order valence-electron chi connectivity index (χ2n) is 5.42. The molecule has 0 bridgehead atoms. The van der Waals surface area contributed by atoms with Gasteiger partial charge in [0.05, 0.1) is 4.90 Å². The Morgan fingerprint density at radius 2 is 2.00 bits per heavy atom. The minimum atomic E-state index is -3.70. The Bertz CT molecular complexity index is 850. The molecule has 0 aliphatic carbocycles. The van der Waals surface area contributed by atoms with Gasteiger partial charge in [0.25, 0.3) is 10.0 Å². The van der Waals surface area contributed by atoms with Gasteiger partial charge in [-0.3, -0.25) is 0 Å². The van der Waals surface area contributed by atoms with Crippen molar-refractivity contribution in [3.8, 4) is 0 Å². The van der Waals surface area contributed by atoms with Crippen molar-refractivity contribution in [2.75, 3.05) is 12.3 Å². The predicted molar refractivity (Wildman–Crippen MR) is 97.9 cm³/mol. The largest absolute Gasteiger partial charge is 0.345 e. The zero-order valence-corrected chi connectivity index (χ0v) is 15.4. The fourth-order valence-electron chi connectivity index (χ4n) is 2.25. The van der Waals surface area contributed by atoms with Gasteiger partial charge >= 0.3 is 0 Å². The van der Waals surface area contributed by atoms with Crippen LogP contribution in [0.25, 0.3) is 0 Å². The lowest BCUT2D eigenvalue weighted by Crippen LogP contribution is -2.24. The SMILES string of the molecule is Cc1ccc(S(=O)(=O)N=C2SCCN2Cc2ccc(Cl)nc2)cc1. The molecule has 3 rings (SSSR count). The van der Waals surface area contributed by atoms with Crippen LogP contribution in [-0.2, 0) is 16.6 Å². The number of amidine groups is 1. The fourth-order valence-corrected chi connectivity index (χ4v) is 4.61. The monoisotopic (exact) mass is 381 g/mol. The lowest BCUT2D eigenvalue weighted by Gasteiger charge is -2.17. The van der Waals surface area contributed by atoms with Crippen molar-refractivity contribution in [2.24, 2.45) is 4.40 Å². The lowest BCUT2D eigenvalue weighted by molar-refractivity contribution is 0.456. The molecule has 1 aliphatic rings. The van der Waals surface area contributed by atoms with Crippen molar-refractivity contribution in [2.45, 2.75) is 18.4 Å². The van der Waals surface area contributed by atoms with Gasteiger partial charge in [-0.25, -0.2) is 4.98 Å². The van der Waals surface area contributed by atoms with Crippen molar-refractivity contribution in [3.05, 3.63) is 58.9 Å². The van der Waals surface area contributed by atoms with Gasteiger partial charge in [-0.05, 0) is 30.7 Å². The molecule has 0 spiro atoms. The van der Waals surface area contributed by atoms with Crippen molar-refractivity contribution < 1.29 is 8.42 Å². The molecular formula is C16H16ClN3O2S2. The topological polar surface area (TPSA) is 62.6 Å². The Balaban J connectivity index is 1.82. The number of thioether (sulfide) groups is 1. The Hall–Kier alpha value is -1.57. The summed E-state index contributed by atoms with van der Waals surface area (Å²) in [5.74, 6) is 0.809. The van der Waals surface area contributed by atoms with E-state index in [0.717, 1.165) is 23.4 Å². The smallest absolute Gasteiger partial charge is 0.284 e. The average Bonchev–Trinajstić information content (AvgIpc) is 2.96. The van der Waals surface area contributed by atoms with E-state index in [1.165, 1.54) is 11.8 Å². The highest BCUT2D eigenvalue weighted by Gasteiger charge is 2.23. The third-order valence-corrected chi connectivity index (χ3v) is 6.16. The predicted octanol–water partition coefficient (Wildman–Crippen LogP) is 3.34. The highest BCUT2D eigenvalue weighted by Crippen LogP contribution is 2.24. The van der Waals surface area contributed by atoms with Crippen molar-refractivity contribution in [1.82, 2.24) is 9.88 Å². The number of sulfonamides is 1. The number of rotatable bonds is 4. The average molecular weight is 382 g/mol. The second-order valence-corrected chi connectivity index (χ2v) is 8.47. The third-order valence-electron chi connectivity index (χ3n) is 3.54. The molecule has 1 aromatic heterocycles. The van der Waals surface area contributed by atoms with E-state index in [1.54, 1.807) is 36.5 Å². The highest BCUT2D eigenvalue weighted by molar-refractivity contribution is 8.14. The molecule has 0 radical (unpaired) electrons. The van der Waals surface area contributed by atoms with Crippen LogP contribution >= 0.6 is 23.4 Å². The number of nitrogens with zero attached hydrogens (tertiary/aromatic N) is 3. The summed E-state index contributed by atoms with van der Waals surface area (Å²) in [6.07, 6.45) is 1.69. The molecule has 5 nitrogen and oxygen atoms in total. The van der Waals surface area contributed by atoms with Gasteiger partial charge in [0.15, 0.2) is 5.17 Å². The molecule has 1 saturated heterocycles. The Morgan fingerprint density at radius 1 is 1.25 bits per heavy atom. The summed E-state index contributed by atoms with van der Waals surface area (Å²) < 4.78 is 29.0. The maximum Gasteiger partial charge on any atom is 0.284 e. The van der Waals surface area contributed by atoms with Crippen molar-refractivity contribution in [3.63, 3.8) is 0 Å². The van der Waals surface area contributed by atoms with Crippen LogP contribution in [0.4, 0.5) is 0 Å². The number of hydrogen-bond acceptors (Lipinski definition) is 4. The molecular weight excluding hydrogens is 366 g/mol. The minimum absolute atomic E-state index is 0.209. The number of halogens is 1. The van der Waals surface area contributed by atoms with E-state index in [0.29, 0.717) is 16.9 Å². The van der Waals surface area contributed by atoms with E-state index < -0.39 is 10.0 Å². The van der Waals surface area contributed by atoms with Crippen LogP contribution in [0.3, 0.4) is 0 Å². The Labute approximate surface area is 150 Å². The van der Waals surface area contributed by atoms with Crippen molar-refractivity contribution in [1.29, 1.82) is 0 Å². The molecule has 1 aromatic carbocycles. The number of benzene rings is 1. The molecule has 8 heteroatoms. The van der Waals surface area contributed by atoms with Gasteiger partial charge in [0.1, 0.15) is 5.15 Å². The molecule has 2 heterocycles. The zero-order valence-electron chi connectivity index (χ0n) is 13.0. The summed E-state index contributed by atoms with van der Waals surface area (Å²) in [7, 11) is -3.70. The summed E-state index contributed by atoms with van der Waals surface area (Å²) in [6, 6.07) is 10.3. The first-order valence-corrected chi connectivity index (χ1v) is 10.1. The van der Waals surface area contributed by atoms with E-state index in [-0.39, 0.29) is 4.90 Å².